The van der Waals surface area contributed by atoms with Crippen molar-refractivity contribution in [2.24, 2.45) is 0 Å². The van der Waals surface area contributed by atoms with Crippen molar-refractivity contribution in [3.05, 3.63) is 88.4 Å². The number of carbonyl (C=O) groups is 3. The van der Waals surface area contributed by atoms with Gasteiger partial charge in [0, 0.05) is 38.3 Å². The number of carboxylic acids is 1. The smallest absolute Gasteiger partial charge is 0.411 e. The highest BCUT2D eigenvalue weighted by atomic mass is 35.5. The predicted octanol–water partition coefficient (Wildman–Crippen LogP) is 6.43. The number of benzene rings is 3. The number of carboxylic acid groups (broad SMARTS) is 1. The fraction of sp³-hybridized carbons (Fsp3) is 0.125. The number of amides is 2. The van der Waals surface area contributed by atoms with E-state index in [9.17, 15) is 19.5 Å². The van der Waals surface area contributed by atoms with Gasteiger partial charge in [0.05, 0.1) is 6.61 Å². The molecule has 0 aliphatic heterocycles. The third-order valence-corrected chi connectivity index (χ3v) is 6.21. The quantitative estimate of drug-likeness (QED) is 0.282. The molecule has 0 saturated heterocycles. The van der Waals surface area contributed by atoms with E-state index < -0.39 is 17.3 Å². The minimum atomic E-state index is -1.02. The number of thioether (sulfide) groups is 1. The second-order valence-corrected chi connectivity index (χ2v) is 9.14. The van der Waals surface area contributed by atoms with Gasteiger partial charge in [-0.25, -0.2) is 4.79 Å². The lowest BCUT2D eigenvalue weighted by Gasteiger charge is -2.13. The van der Waals surface area contributed by atoms with Crippen molar-refractivity contribution in [2.75, 3.05) is 17.2 Å². The Hall–Kier alpha value is -3.20. The van der Waals surface area contributed by atoms with Crippen LogP contribution < -0.4 is 10.6 Å². The molecule has 3 N–H and O–H groups in total. The van der Waals surface area contributed by atoms with Crippen molar-refractivity contribution >= 4 is 64.3 Å². The highest BCUT2D eigenvalue weighted by Crippen LogP contribution is 2.27. The lowest BCUT2D eigenvalue weighted by atomic mass is 10.2. The van der Waals surface area contributed by atoms with E-state index in [1.807, 2.05) is 0 Å². The fourth-order valence-electron chi connectivity index (χ4n) is 2.80. The minimum absolute atomic E-state index is 0.0778. The summed E-state index contributed by atoms with van der Waals surface area (Å²) in [6, 6.07) is 19.9. The Kier molecular flexibility index (Phi) is 9.21. The molecule has 3 aromatic carbocycles. The van der Waals surface area contributed by atoms with Crippen LogP contribution in [-0.2, 0) is 9.53 Å². The van der Waals surface area contributed by atoms with Crippen LogP contribution in [0.5, 0.6) is 0 Å². The van der Waals surface area contributed by atoms with E-state index in [4.69, 9.17) is 27.9 Å². The number of aliphatic carboxylic acids is 1. The minimum Gasteiger partial charge on any atom is -0.480 e. The summed E-state index contributed by atoms with van der Waals surface area (Å²) in [7, 11) is 0. The maximum atomic E-state index is 12.3. The third kappa shape index (κ3) is 7.98. The Morgan fingerprint density at radius 2 is 1.59 bits per heavy atom. The van der Waals surface area contributed by atoms with Crippen molar-refractivity contribution in [1.29, 1.82) is 0 Å². The molecular formula is C24H20Cl2N2O5S. The van der Waals surface area contributed by atoms with Gasteiger partial charge in [-0.1, -0.05) is 29.3 Å². The molecule has 7 nitrogen and oxygen atoms in total. The zero-order valence-electron chi connectivity index (χ0n) is 17.7. The van der Waals surface area contributed by atoms with E-state index in [1.165, 1.54) is 0 Å². The summed E-state index contributed by atoms with van der Waals surface area (Å²) in [4.78, 5) is 36.5. The number of rotatable bonds is 9. The molecule has 0 bridgehead atoms. The number of carbonyl (C=O) groups excluding carboxylic acids is 2. The number of ether oxygens (including phenoxy) is 1. The number of halogens is 2. The Labute approximate surface area is 210 Å². The summed E-state index contributed by atoms with van der Waals surface area (Å²) in [6.45, 7) is -0.0778. The molecule has 0 aromatic heterocycles. The van der Waals surface area contributed by atoms with E-state index in [1.54, 1.807) is 72.8 Å². The molecule has 3 rings (SSSR count). The zero-order chi connectivity index (χ0) is 24.5. The summed E-state index contributed by atoms with van der Waals surface area (Å²) < 4.78 is 5.09. The first-order valence-electron chi connectivity index (χ1n) is 10.1. The van der Waals surface area contributed by atoms with Gasteiger partial charge < -0.3 is 15.2 Å². The Balaban J connectivity index is 1.49. The normalized spacial score (nSPS) is 11.4. The van der Waals surface area contributed by atoms with Crippen LogP contribution in [0.1, 0.15) is 16.8 Å². The molecule has 34 heavy (non-hydrogen) atoms. The van der Waals surface area contributed by atoms with Crippen molar-refractivity contribution in [3.8, 4) is 0 Å². The molecule has 10 heteroatoms. The molecule has 0 radical (unpaired) electrons. The van der Waals surface area contributed by atoms with Gasteiger partial charge in [0.1, 0.15) is 5.25 Å². The van der Waals surface area contributed by atoms with Crippen molar-refractivity contribution < 1.29 is 24.2 Å². The number of anilines is 2. The van der Waals surface area contributed by atoms with E-state index in [2.05, 4.69) is 10.6 Å². The van der Waals surface area contributed by atoms with Gasteiger partial charge in [-0.3, -0.25) is 14.9 Å². The molecule has 0 spiro atoms. The van der Waals surface area contributed by atoms with Gasteiger partial charge in [-0.15, -0.1) is 11.8 Å². The summed E-state index contributed by atoms with van der Waals surface area (Å²) in [5, 5.41) is 15.0. The fourth-order valence-corrected chi connectivity index (χ4v) is 4.05. The van der Waals surface area contributed by atoms with Crippen LogP contribution in [0.25, 0.3) is 0 Å². The molecule has 0 aliphatic rings. The second kappa shape index (κ2) is 12.3. The van der Waals surface area contributed by atoms with Crippen LogP contribution >= 0.6 is 35.0 Å². The first-order valence-corrected chi connectivity index (χ1v) is 11.7. The molecule has 0 aliphatic carbocycles. The van der Waals surface area contributed by atoms with E-state index in [0.29, 0.717) is 31.9 Å². The van der Waals surface area contributed by atoms with E-state index >= 15 is 0 Å². The highest BCUT2D eigenvalue weighted by Gasteiger charge is 2.20. The van der Waals surface area contributed by atoms with Crippen LogP contribution in [0.3, 0.4) is 0 Å². The summed E-state index contributed by atoms with van der Waals surface area (Å²) >= 11 is 12.8. The standard InChI is InChI=1S/C24H20Cl2N2O5S/c25-16-6-4-15(5-7-16)22(29)27-18-8-10-20(11-9-18)34-21(23(30)31)12-13-33-24(32)28-19-3-1-2-17(26)14-19/h1-11,14,21H,12-13H2,(H,27,29)(H,28,32)(H,30,31). The van der Waals surface area contributed by atoms with Crippen LogP contribution in [0.4, 0.5) is 16.2 Å². The molecule has 0 heterocycles. The maximum Gasteiger partial charge on any atom is 0.411 e. The molecule has 1 unspecified atom stereocenters. The van der Waals surface area contributed by atoms with Gasteiger partial charge in [0.25, 0.3) is 5.91 Å². The van der Waals surface area contributed by atoms with Crippen LogP contribution in [-0.4, -0.2) is 34.9 Å². The van der Waals surface area contributed by atoms with Gasteiger partial charge in [-0.2, -0.15) is 0 Å². The van der Waals surface area contributed by atoms with Crippen LogP contribution in [0.15, 0.2) is 77.7 Å². The SMILES string of the molecule is O=C(Nc1cccc(Cl)c1)OCCC(Sc1ccc(NC(=O)c2ccc(Cl)cc2)cc1)C(=O)O. The molecular weight excluding hydrogens is 499 g/mol. The Morgan fingerprint density at radius 1 is 0.882 bits per heavy atom. The van der Waals surface area contributed by atoms with Crippen molar-refractivity contribution in [1.82, 2.24) is 0 Å². The molecule has 176 valence electrons. The zero-order valence-corrected chi connectivity index (χ0v) is 20.0. The summed E-state index contributed by atoms with van der Waals surface area (Å²) in [6.07, 6.45) is -0.588. The Bertz CT molecular complexity index is 1160. The van der Waals surface area contributed by atoms with Gasteiger partial charge >= 0.3 is 12.1 Å². The van der Waals surface area contributed by atoms with Crippen molar-refractivity contribution in [3.63, 3.8) is 0 Å². The van der Waals surface area contributed by atoms with Gasteiger partial charge in [-0.05, 0) is 66.7 Å². The maximum absolute atomic E-state index is 12.3. The van der Waals surface area contributed by atoms with Crippen LogP contribution in [0.2, 0.25) is 10.0 Å². The third-order valence-electron chi connectivity index (χ3n) is 4.46. The van der Waals surface area contributed by atoms with Gasteiger partial charge in [0.2, 0.25) is 0 Å². The molecule has 1 atom stereocenters. The topological polar surface area (TPSA) is 105 Å². The van der Waals surface area contributed by atoms with Gasteiger partial charge in [0.15, 0.2) is 0 Å². The molecule has 2 amide bonds. The summed E-state index contributed by atoms with van der Waals surface area (Å²) in [5.74, 6) is -1.31. The predicted molar refractivity (Wildman–Crippen MR) is 134 cm³/mol. The molecule has 3 aromatic rings. The van der Waals surface area contributed by atoms with E-state index in [0.717, 1.165) is 11.8 Å². The highest BCUT2D eigenvalue weighted by molar-refractivity contribution is 8.00. The average molecular weight is 519 g/mol. The Morgan fingerprint density at radius 3 is 2.24 bits per heavy atom. The number of hydrogen-bond acceptors (Lipinski definition) is 5. The molecule has 0 fully saturated rings. The lowest BCUT2D eigenvalue weighted by molar-refractivity contribution is -0.136. The first-order chi connectivity index (χ1) is 16.3. The largest absolute Gasteiger partial charge is 0.480 e. The first kappa shape index (κ1) is 25.4. The lowest BCUT2D eigenvalue weighted by Crippen LogP contribution is -2.21. The summed E-state index contributed by atoms with van der Waals surface area (Å²) in [5.41, 5.74) is 1.51. The van der Waals surface area contributed by atoms with Crippen molar-refractivity contribution in [2.45, 2.75) is 16.6 Å². The van der Waals surface area contributed by atoms with E-state index in [-0.39, 0.29) is 18.9 Å². The second-order valence-electron chi connectivity index (χ2n) is 6.99. The van der Waals surface area contributed by atoms with Crippen LogP contribution in [0, 0.1) is 0 Å². The number of hydrogen-bond donors (Lipinski definition) is 3. The number of nitrogens with one attached hydrogen (secondary N) is 2. The average Bonchev–Trinajstić information content (AvgIpc) is 2.80. The molecule has 0 saturated carbocycles. The monoisotopic (exact) mass is 518 g/mol.